The van der Waals surface area contributed by atoms with E-state index in [0.29, 0.717) is 12.4 Å². The first-order valence-electron chi connectivity index (χ1n) is 8.45. The molecule has 0 bridgehead atoms. The Bertz CT molecular complexity index is 960. The molecular formula is C19H21N5O2. The summed E-state index contributed by atoms with van der Waals surface area (Å²) in [7, 11) is 0. The van der Waals surface area contributed by atoms with Crippen LogP contribution >= 0.6 is 0 Å². The second-order valence-corrected chi connectivity index (χ2v) is 6.11. The second kappa shape index (κ2) is 7.77. The summed E-state index contributed by atoms with van der Waals surface area (Å²) in [5, 5.41) is 11.4. The molecule has 0 atom stereocenters. The molecule has 3 rings (SSSR count). The molecule has 0 radical (unpaired) electrons. The zero-order valence-corrected chi connectivity index (χ0v) is 14.8. The minimum absolute atomic E-state index is 0.124. The largest absolute Gasteiger partial charge is 0.354 e. The van der Waals surface area contributed by atoms with Gasteiger partial charge < -0.3 is 5.32 Å². The summed E-state index contributed by atoms with van der Waals surface area (Å²) in [6.07, 6.45) is 0.737. The highest BCUT2D eigenvalue weighted by atomic mass is 16.2. The van der Waals surface area contributed by atoms with Gasteiger partial charge in [-0.05, 0) is 38.0 Å². The number of aromatic nitrogens is 4. The fraction of sp³-hybridized carbons (Fsp3) is 0.263. The normalized spacial score (nSPS) is 10.7. The van der Waals surface area contributed by atoms with Gasteiger partial charge in [0.2, 0.25) is 5.91 Å². The number of hydrogen-bond acceptors (Lipinski definition) is 4. The number of benzene rings is 1. The Hall–Kier alpha value is -3.22. The van der Waals surface area contributed by atoms with Gasteiger partial charge in [0, 0.05) is 18.3 Å². The number of amides is 1. The number of carbonyl (C=O) groups is 1. The van der Waals surface area contributed by atoms with E-state index in [1.165, 1.54) is 6.07 Å². The highest BCUT2D eigenvalue weighted by molar-refractivity contribution is 5.75. The summed E-state index contributed by atoms with van der Waals surface area (Å²) in [5.74, 6) is 0.258. The van der Waals surface area contributed by atoms with Crippen molar-refractivity contribution in [3.63, 3.8) is 0 Å². The molecule has 0 aliphatic rings. The average Bonchev–Trinajstić information content (AvgIpc) is 2.96. The van der Waals surface area contributed by atoms with Crippen LogP contribution in [0.15, 0.2) is 53.3 Å². The van der Waals surface area contributed by atoms with Crippen LogP contribution in [0.4, 0.5) is 0 Å². The molecular weight excluding hydrogens is 330 g/mol. The van der Waals surface area contributed by atoms with E-state index >= 15 is 0 Å². The summed E-state index contributed by atoms with van der Waals surface area (Å²) in [6, 6.07) is 14.8. The van der Waals surface area contributed by atoms with Crippen molar-refractivity contribution in [2.45, 2.75) is 26.8 Å². The molecule has 26 heavy (non-hydrogen) atoms. The molecule has 1 N–H and O–H groups in total. The first-order chi connectivity index (χ1) is 12.5. The van der Waals surface area contributed by atoms with Crippen molar-refractivity contribution in [2.75, 3.05) is 6.54 Å². The van der Waals surface area contributed by atoms with Gasteiger partial charge in [-0.1, -0.05) is 30.3 Å². The third-order valence-electron chi connectivity index (χ3n) is 3.95. The second-order valence-electron chi connectivity index (χ2n) is 6.11. The molecule has 1 aromatic carbocycles. The minimum Gasteiger partial charge on any atom is -0.354 e. The third-order valence-corrected chi connectivity index (χ3v) is 3.95. The summed E-state index contributed by atoms with van der Waals surface area (Å²) in [4.78, 5) is 24.2. The summed E-state index contributed by atoms with van der Waals surface area (Å²) in [6.45, 7) is 4.18. The molecule has 0 unspecified atom stereocenters. The Kier molecular flexibility index (Phi) is 5.26. The van der Waals surface area contributed by atoms with E-state index < -0.39 is 0 Å². The number of hydrogen-bond donors (Lipinski definition) is 1. The lowest BCUT2D eigenvalue weighted by Gasteiger charge is -2.09. The maximum atomic E-state index is 12.1. The van der Waals surface area contributed by atoms with Crippen LogP contribution < -0.4 is 10.9 Å². The Morgan fingerprint density at radius 2 is 1.85 bits per heavy atom. The Labute approximate surface area is 151 Å². The van der Waals surface area contributed by atoms with Crippen molar-refractivity contribution in [3.05, 3.63) is 75.8 Å². The molecule has 2 aromatic heterocycles. The predicted molar refractivity (Wildman–Crippen MR) is 98.2 cm³/mol. The van der Waals surface area contributed by atoms with E-state index in [9.17, 15) is 9.59 Å². The topological polar surface area (TPSA) is 81.8 Å². The lowest BCUT2D eigenvalue weighted by Crippen LogP contribution is -2.34. The molecule has 7 nitrogen and oxygen atoms in total. The number of nitrogens with zero attached hydrogens (tertiary/aromatic N) is 4. The standard InChI is InChI=1S/C19H21N5O2/c1-14-12-15(2)24(21-14)17-8-9-19(26)23(22-17)13-18(25)20-11-10-16-6-4-3-5-7-16/h3-9,12H,10-11,13H2,1-2H3,(H,20,25). The lowest BCUT2D eigenvalue weighted by molar-refractivity contribution is -0.121. The van der Waals surface area contributed by atoms with Gasteiger partial charge in [-0.25, -0.2) is 9.36 Å². The van der Waals surface area contributed by atoms with Crippen molar-refractivity contribution in [1.82, 2.24) is 24.9 Å². The molecule has 7 heteroatoms. The van der Waals surface area contributed by atoms with E-state index in [1.54, 1.807) is 10.7 Å². The maximum absolute atomic E-state index is 12.1. The third kappa shape index (κ3) is 4.24. The average molecular weight is 351 g/mol. The van der Waals surface area contributed by atoms with E-state index in [-0.39, 0.29) is 18.0 Å². The molecule has 1 amide bonds. The van der Waals surface area contributed by atoms with Gasteiger partial charge in [0.1, 0.15) is 6.54 Å². The fourth-order valence-electron chi connectivity index (χ4n) is 2.71. The highest BCUT2D eigenvalue weighted by Crippen LogP contribution is 2.07. The van der Waals surface area contributed by atoms with E-state index in [1.807, 2.05) is 50.2 Å². The molecule has 0 saturated heterocycles. The first kappa shape index (κ1) is 17.6. The monoisotopic (exact) mass is 351 g/mol. The molecule has 2 heterocycles. The predicted octanol–water partition coefficient (Wildman–Crippen LogP) is 1.40. The zero-order valence-electron chi connectivity index (χ0n) is 14.8. The summed E-state index contributed by atoms with van der Waals surface area (Å²) < 4.78 is 2.81. The van der Waals surface area contributed by atoms with E-state index in [2.05, 4.69) is 15.5 Å². The van der Waals surface area contributed by atoms with E-state index in [0.717, 1.165) is 28.1 Å². The zero-order chi connectivity index (χ0) is 18.5. The van der Waals surface area contributed by atoms with Crippen molar-refractivity contribution >= 4 is 5.91 Å². The van der Waals surface area contributed by atoms with Gasteiger partial charge in [0.05, 0.1) is 5.69 Å². The van der Waals surface area contributed by atoms with Crippen LogP contribution in [0.2, 0.25) is 0 Å². The number of rotatable bonds is 6. The van der Waals surface area contributed by atoms with Crippen molar-refractivity contribution in [3.8, 4) is 5.82 Å². The SMILES string of the molecule is Cc1cc(C)n(-c2ccc(=O)n(CC(=O)NCCc3ccccc3)n2)n1. The van der Waals surface area contributed by atoms with Crippen LogP contribution in [-0.4, -0.2) is 32.0 Å². The number of aryl methyl sites for hydroxylation is 2. The lowest BCUT2D eigenvalue weighted by atomic mass is 10.1. The molecule has 0 fully saturated rings. The molecule has 0 saturated carbocycles. The van der Waals surface area contributed by atoms with Gasteiger partial charge in [0.15, 0.2) is 5.82 Å². The molecule has 134 valence electrons. The van der Waals surface area contributed by atoms with Crippen LogP contribution in [-0.2, 0) is 17.8 Å². The molecule has 0 spiro atoms. The first-order valence-corrected chi connectivity index (χ1v) is 8.45. The summed E-state index contributed by atoms with van der Waals surface area (Å²) in [5.41, 5.74) is 2.59. The van der Waals surface area contributed by atoms with Gasteiger partial charge in [-0.3, -0.25) is 9.59 Å². The number of carbonyl (C=O) groups excluding carboxylic acids is 1. The Morgan fingerprint density at radius 1 is 1.08 bits per heavy atom. The minimum atomic E-state index is -0.325. The van der Waals surface area contributed by atoms with Gasteiger partial charge in [0.25, 0.3) is 5.56 Å². The maximum Gasteiger partial charge on any atom is 0.267 e. The van der Waals surface area contributed by atoms with Crippen LogP contribution in [0.5, 0.6) is 0 Å². The van der Waals surface area contributed by atoms with Crippen LogP contribution in [0.1, 0.15) is 17.0 Å². The van der Waals surface area contributed by atoms with Gasteiger partial charge in [-0.2, -0.15) is 5.10 Å². The molecule has 0 aliphatic heterocycles. The number of nitrogens with one attached hydrogen (secondary N) is 1. The van der Waals surface area contributed by atoms with E-state index in [4.69, 9.17) is 0 Å². The van der Waals surface area contributed by atoms with Crippen molar-refractivity contribution in [2.24, 2.45) is 0 Å². The summed E-state index contributed by atoms with van der Waals surface area (Å²) >= 11 is 0. The van der Waals surface area contributed by atoms with Crippen LogP contribution in [0.25, 0.3) is 5.82 Å². The van der Waals surface area contributed by atoms with Crippen LogP contribution in [0, 0.1) is 13.8 Å². The molecule has 3 aromatic rings. The van der Waals surface area contributed by atoms with Crippen molar-refractivity contribution in [1.29, 1.82) is 0 Å². The fourth-order valence-corrected chi connectivity index (χ4v) is 2.71. The Morgan fingerprint density at radius 3 is 2.54 bits per heavy atom. The van der Waals surface area contributed by atoms with Gasteiger partial charge >= 0.3 is 0 Å². The Balaban J connectivity index is 1.65. The highest BCUT2D eigenvalue weighted by Gasteiger charge is 2.10. The van der Waals surface area contributed by atoms with Gasteiger partial charge in [-0.15, -0.1) is 5.10 Å². The quantitative estimate of drug-likeness (QED) is 0.728. The van der Waals surface area contributed by atoms with Crippen LogP contribution in [0.3, 0.4) is 0 Å². The molecule has 0 aliphatic carbocycles. The smallest absolute Gasteiger partial charge is 0.267 e. The van der Waals surface area contributed by atoms with Crippen molar-refractivity contribution < 1.29 is 4.79 Å².